The van der Waals surface area contributed by atoms with Crippen LogP contribution in [-0.4, -0.2) is 26.3 Å². The van der Waals surface area contributed by atoms with Crippen LogP contribution in [0.25, 0.3) is 21.8 Å². The van der Waals surface area contributed by atoms with Crippen molar-refractivity contribution >= 4 is 33.4 Å². The van der Waals surface area contributed by atoms with Crippen molar-refractivity contribution in [2.24, 2.45) is 0 Å². The van der Waals surface area contributed by atoms with Gasteiger partial charge in [0.1, 0.15) is 5.75 Å². The van der Waals surface area contributed by atoms with Crippen molar-refractivity contribution in [1.82, 2.24) is 4.98 Å². The van der Waals surface area contributed by atoms with Crippen molar-refractivity contribution in [3.05, 3.63) is 34.9 Å². The third-order valence-electron chi connectivity index (χ3n) is 3.73. The second-order valence-electron chi connectivity index (χ2n) is 4.99. The molecule has 3 aromatic rings. The normalized spacial score (nSPS) is 11.0. The SMILES string of the molecule is COc1cc2nc3cc(OC)c(OC)cc3c(Cl)c2cc1C. The number of hydrogen-bond acceptors (Lipinski definition) is 4. The standard InChI is InChI=1S/C17H16ClNO3/c1-9-5-10-12(7-14(9)20-2)19-13-8-16(22-4)15(21-3)6-11(13)17(10)18/h5-8H,1-4H3. The Morgan fingerprint density at radius 2 is 1.27 bits per heavy atom. The number of hydrogen-bond donors (Lipinski definition) is 0. The molecular formula is C17H16ClNO3. The molecular weight excluding hydrogens is 302 g/mol. The Kier molecular flexibility index (Phi) is 3.71. The Morgan fingerprint density at radius 3 is 1.86 bits per heavy atom. The molecule has 0 aliphatic heterocycles. The fourth-order valence-corrected chi connectivity index (χ4v) is 2.88. The van der Waals surface area contributed by atoms with Crippen LogP contribution in [0.15, 0.2) is 24.3 Å². The van der Waals surface area contributed by atoms with Gasteiger partial charge in [-0.25, -0.2) is 4.98 Å². The van der Waals surface area contributed by atoms with Crippen LogP contribution < -0.4 is 14.2 Å². The fraction of sp³-hybridized carbons (Fsp3) is 0.235. The van der Waals surface area contributed by atoms with Gasteiger partial charge in [0.25, 0.3) is 0 Å². The molecule has 0 atom stereocenters. The first kappa shape index (κ1) is 14.7. The predicted molar refractivity (Wildman–Crippen MR) is 88.7 cm³/mol. The summed E-state index contributed by atoms with van der Waals surface area (Å²) in [5.74, 6) is 2.04. The number of nitrogens with zero attached hydrogens (tertiary/aromatic N) is 1. The Bertz CT molecular complexity index is 877. The molecule has 3 rings (SSSR count). The highest BCUT2D eigenvalue weighted by Gasteiger charge is 2.14. The second-order valence-corrected chi connectivity index (χ2v) is 5.37. The molecule has 0 saturated carbocycles. The van der Waals surface area contributed by atoms with Crippen molar-refractivity contribution < 1.29 is 14.2 Å². The van der Waals surface area contributed by atoms with E-state index >= 15 is 0 Å². The summed E-state index contributed by atoms with van der Waals surface area (Å²) >= 11 is 6.59. The summed E-state index contributed by atoms with van der Waals surface area (Å²) in [5.41, 5.74) is 2.55. The molecule has 0 spiro atoms. The van der Waals surface area contributed by atoms with Crippen molar-refractivity contribution in [3.8, 4) is 17.2 Å². The minimum absolute atomic E-state index is 0.622. The van der Waals surface area contributed by atoms with Gasteiger partial charge in [-0.1, -0.05) is 11.6 Å². The van der Waals surface area contributed by atoms with Gasteiger partial charge in [0, 0.05) is 22.9 Å². The van der Waals surface area contributed by atoms with E-state index in [2.05, 4.69) is 4.98 Å². The van der Waals surface area contributed by atoms with Crippen LogP contribution >= 0.6 is 11.6 Å². The number of methoxy groups -OCH3 is 3. The molecule has 114 valence electrons. The molecule has 0 saturated heterocycles. The Hall–Kier alpha value is -2.20. The van der Waals surface area contributed by atoms with Gasteiger partial charge in [0.15, 0.2) is 11.5 Å². The molecule has 0 aliphatic rings. The molecule has 0 aliphatic carbocycles. The van der Waals surface area contributed by atoms with E-state index in [0.717, 1.165) is 33.1 Å². The van der Waals surface area contributed by atoms with Gasteiger partial charge >= 0.3 is 0 Å². The Balaban J connectivity index is 2.41. The molecule has 4 nitrogen and oxygen atoms in total. The molecule has 0 bridgehead atoms. The van der Waals surface area contributed by atoms with E-state index in [0.29, 0.717) is 16.5 Å². The average molecular weight is 318 g/mol. The molecule has 1 aromatic heterocycles. The number of rotatable bonds is 3. The van der Waals surface area contributed by atoms with Crippen molar-refractivity contribution in [2.45, 2.75) is 6.92 Å². The molecule has 0 radical (unpaired) electrons. The van der Waals surface area contributed by atoms with E-state index in [1.54, 1.807) is 21.3 Å². The first-order valence-corrected chi connectivity index (χ1v) is 7.16. The zero-order valence-electron chi connectivity index (χ0n) is 12.9. The third-order valence-corrected chi connectivity index (χ3v) is 4.14. The van der Waals surface area contributed by atoms with E-state index in [1.165, 1.54) is 0 Å². The summed E-state index contributed by atoms with van der Waals surface area (Å²) in [5, 5.41) is 2.36. The number of aryl methyl sites for hydroxylation is 1. The number of fused-ring (bicyclic) bond motifs is 2. The van der Waals surface area contributed by atoms with Gasteiger partial charge in [-0.3, -0.25) is 0 Å². The van der Waals surface area contributed by atoms with Gasteiger partial charge in [0.05, 0.1) is 37.4 Å². The first-order chi connectivity index (χ1) is 10.6. The van der Waals surface area contributed by atoms with E-state index in [1.807, 2.05) is 31.2 Å². The zero-order chi connectivity index (χ0) is 15.9. The number of benzene rings is 2. The predicted octanol–water partition coefficient (Wildman–Crippen LogP) is 4.38. The van der Waals surface area contributed by atoms with E-state index in [-0.39, 0.29) is 0 Å². The lowest BCUT2D eigenvalue weighted by molar-refractivity contribution is 0.356. The molecule has 0 fully saturated rings. The number of halogens is 1. The summed E-state index contributed by atoms with van der Waals surface area (Å²) in [6, 6.07) is 7.56. The summed E-state index contributed by atoms with van der Waals surface area (Å²) < 4.78 is 16.0. The van der Waals surface area contributed by atoms with Gasteiger partial charge in [-0.2, -0.15) is 0 Å². The topological polar surface area (TPSA) is 40.6 Å². The molecule has 0 unspecified atom stereocenters. The highest BCUT2D eigenvalue weighted by Crippen LogP contribution is 2.38. The molecule has 1 heterocycles. The molecule has 5 heteroatoms. The van der Waals surface area contributed by atoms with Gasteiger partial charge in [0.2, 0.25) is 0 Å². The summed E-state index contributed by atoms with van der Waals surface area (Å²) in [6.07, 6.45) is 0. The van der Waals surface area contributed by atoms with Crippen LogP contribution in [0.5, 0.6) is 17.2 Å². The summed E-state index contributed by atoms with van der Waals surface area (Å²) in [4.78, 5) is 4.67. The van der Waals surface area contributed by atoms with Crippen LogP contribution in [0.2, 0.25) is 5.02 Å². The van der Waals surface area contributed by atoms with E-state index in [9.17, 15) is 0 Å². The van der Waals surface area contributed by atoms with Crippen LogP contribution in [0.4, 0.5) is 0 Å². The van der Waals surface area contributed by atoms with Crippen LogP contribution in [0.3, 0.4) is 0 Å². The van der Waals surface area contributed by atoms with Crippen molar-refractivity contribution in [1.29, 1.82) is 0 Å². The lowest BCUT2D eigenvalue weighted by Gasteiger charge is -2.12. The van der Waals surface area contributed by atoms with Gasteiger partial charge in [-0.15, -0.1) is 0 Å². The quantitative estimate of drug-likeness (QED) is 0.672. The summed E-state index contributed by atoms with van der Waals surface area (Å²) in [6.45, 7) is 1.98. The Labute approximate surface area is 133 Å². The van der Waals surface area contributed by atoms with Crippen molar-refractivity contribution in [2.75, 3.05) is 21.3 Å². The molecule has 22 heavy (non-hydrogen) atoms. The van der Waals surface area contributed by atoms with E-state index in [4.69, 9.17) is 25.8 Å². The van der Waals surface area contributed by atoms with Crippen LogP contribution in [-0.2, 0) is 0 Å². The maximum absolute atomic E-state index is 6.59. The number of aromatic nitrogens is 1. The average Bonchev–Trinajstić information content (AvgIpc) is 2.54. The van der Waals surface area contributed by atoms with Gasteiger partial charge in [-0.05, 0) is 24.6 Å². The number of pyridine rings is 1. The van der Waals surface area contributed by atoms with Crippen LogP contribution in [0, 0.1) is 6.92 Å². The van der Waals surface area contributed by atoms with E-state index < -0.39 is 0 Å². The zero-order valence-corrected chi connectivity index (χ0v) is 13.6. The van der Waals surface area contributed by atoms with Gasteiger partial charge < -0.3 is 14.2 Å². The molecule has 0 N–H and O–H groups in total. The highest BCUT2D eigenvalue weighted by atomic mass is 35.5. The lowest BCUT2D eigenvalue weighted by atomic mass is 10.1. The minimum Gasteiger partial charge on any atom is -0.496 e. The minimum atomic E-state index is 0.622. The fourth-order valence-electron chi connectivity index (χ4n) is 2.58. The van der Waals surface area contributed by atoms with Crippen molar-refractivity contribution in [3.63, 3.8) is 0 Å². The maximum Gasteiger partial charge on any atom is 0.162 e. The molecule has 0 amide bonds. The van der Waals surface area contributed by atoms with Crippen LogP contribution in [0.1, 0.15) is 5.56 Å². The summed E-state index contributed by atoms with van der Waals surface area (Å²) in [7, 11) is 4.84. The largest absolute Gasteiger partial charge is 0.496 e. The Morgan fingerprint density at radius 1 is 0.773 bits per heavy atom. The molecule has 2 aromatic carbocycles. The smallest absolute Gasteiger partial charge is 0.162 e. The number of ether oxygens (including phenoxy) is 3. The second kappa shape index (κ2) is 5.54. The monoisotopic (exact) mass is 317 g/mol. The first-order valence-electron chi connectivity index (χ1n) is 6.78. The lowest BCUT2D eigenvalue weighted by Crippen LogP contribution is -1.94. The maximum atomic E-state index is 6.59. The highest BCUT2D eigenvalue weighted by molar-refractivity contribution is 6.40. The third kappa shape index (κ3) is 2.20.